The summed E-state index contributed by atoms with van der Waals surface area (Å²) in [4.78, 5) is 231. The van der Waals surface area contributed by atoms with Gasteiger partial charge in [-0.1, -0.05) is 109 Å². The van der Waals surface area contributed by atoms with Crippen LogP contribution in [0.4, 0.5) is 0 Å². The predicted molar refractivity (Wildman–Crippen MR) is 543 cm³/mol. The average Bonchev–Trinajstić information content (AvgIpc) is 1.86. The Labute approximate surface area is 835 Å². The maximum absolute atomic E-state index is 13.0. The minimum absolute atomic E-state index is 0.00290. The molecule has 0 spiro atoms. The number of likely N-dealkylation sites (N-methyl/N-ethyl adjacent to an activating group) is 1. The van der Waals surface area contributed by atoms with Gasteiger partial charge in [-0.25, -0.2) is 0 Å². The van der Waals surface area contributed by atoms with E-state index in [-0.39, 0.29) is 206 Å². The zero-order chi connectivity index (χ0) is 105. The van der Waals surface area contributed by atoms with Crippen molar-refractivity contribution in [2.45, 2.75) is 434 Å². The van der Waals surface area contributed by atoms with Gasteiger partial charge >= 0.3 is 0 Å². The summed E-state index contributed by atoms with van der Waals surface area (Å²) in [6, 6.07) is -0.897. The van der Waals surface area contributed by atoms with E-state index in [1.165, 1.54) is 0 Å². The number of ketones is 10. The first-order chi connectivity index (χ1) is 66.6. The monoisotopic (exact) mass is 1980 g/mol. The molecule has 2 aromatic heterocycles. The smallest absolute Gasteiger partial charge is 0.242 e. The van der Waals surface area contributed by atoms with Crippen molar-refractivity contribution >= 4 is 111 Å². The van der Waals surface area contributed by atoms with E-state index in [0.29, 0.717) is 173 Å². The Balaban J connectivity index is 0. The van der Waals surface area contributed by atoms with Crippen molar-refractivity contribution in [3.05, 3.63) is 23.8 Å². The van der Waals surface area contributed by atoms with Gasteiger partial charge in [0.05, 0.1) is 50.7 Å². The molecule has 0 aliphatic heterocycles. The molecule has 0 fully saturated rings. The van der Waals surface area contributed by atoms with Crippen LogP contribution in [-0.4, -0.2) is 253 Å². The Morgan fingerprint density at radius 1 is 0.307 bits per heavy atom. The van der Waals surface area contributed by atoms with Gasteiger partial charge in [0, 0.05) is 225 Å². The molecule has 0 saturated carbocycles. The number of rotatable bonds is 83. The van der Waals surface area contributed by atoms with Crippen molar-refractivity contribution < 1.29 is 91.1 Å². The van der Waals surface area contributed by atoms with Gasteiger partial charge < -0.3 is 53.6 Å². The Hall–Kier alpha value is -9.91. The molecule has 2 aromatic rings. The van der Waals surface area contributed by atoms with Crippen LogP contribution in [0.3, 0.4) is 0 Å². The van der Waals surface area contributed by atoms with Gasteiger partial charge in [0.1, 0.15) is 69.9 Å². The van der Waals surface area contributed by atoms with Crippen LogP contribution in [0.2, 0.25) is 0 Å². The molecular formula is C103H182N18O19. The number of Topliss-reactive ketones (excluding diaryl/α,β-unsaturated/α-hetero) is 10. The summed E-state index contributed by atoms with van der Waals surface area (Å²) in [6.07, 6.45) is 33.8. The molecule has 0 unspecified atom stereocenters. The Bertz CT molecular complexity index is 3860. The van der Waals surface area contributed by atoms with Crippen LogP contribution in [0.15, 0.2) is 12.4 Å². The van der Waals surface area contributed by atoms with E-state index in [9.17, 15) is 91.1 Å². The maximum atomic E-state index is 13.0. The first-order valence-corrected chi connectivity index (χ1v) is 52.1. The number of aromatic nitrogens is 6. The molecule has 3 atom stereocenters. The lowest BCUT2D eigenvalue weighted by Crippen LogP contribution is -2.49. The SMILES string of the molecule is CC(C)NC(=O)CCCCCCC(=O)CN(CC(=O)CCc1cn(C)nn1)CC(=O)CCc1cn(C)nn1.CCC(=O)CCCCC(=O)N[C@@H](CCCCCC(=O)NC(C)C)C(=O)NC.CCC(=O)CCCCCNC(=O)[C@H](CCCCCC(=O)CCCCC(=O)NC)CC(=O)CCCCCCC(=O)NC(C)C.CCC(=O)CN(CC(=O)CC)CC(=O)CCCCCCC(=O)NC[C@@H](N)C(=O)NC(C)C. The second-order valence-electron chi connectivity index (χ2n) is 37.9. The molecule has 798 valence electrons. The molecule has 2 heterocycles. The van der Waals surface area contributed by atoms with Crippen molar-refractivity contribution in [1.29, 1.82) is 0 Å². The number of amides is 9. The highest BCUT2D eigenvalue weighted by molar-refractivity contribution is 5.90. The normalized spacial score (nSPS) is 11.7. The number of hydrogen-bond donors (Lipinski definition) is 10. The molecule has 0 aliphatic carbocycles. The van der Waals surface area contributed by atoms with Gasteiger partial charge in [-0.3, -0.25) is 110 Å². The van der Waals surface area contributed by atoms with Crippen molar-refractivity contribution in [1.82, 2.24) is 87.6 Å². The third kappa shape index (κ3) is 79.7. The minimum Gasteiger partial charge on any atom is -0.359 e. The van der Waals surface area contributed by atoms with E-state index in [1.54, 1.807) is 73.6 Å². The second kappa shape index (κ2) is 84.7. The second-order valence-corrected chi connectivity index (χ2v) is 37.9. The van der Waals surface area contributed by atoms with Crippen LogP contribution in [0.5, 0.6) is 0 Å². The van der Waals surface area contributed by atoms with Crippen LogP contribution in [0.1, 0.15) is 396 Å². The summed E-state index contributed by atoms with van der Waals surface area (Å²) in [5.74, 6) is -0.357. The van der Waals surface area contributed by atoms with Crippen molar-refractivity contribution in [3.8, 4) is 0 Å². The van der Waals surface area contributed by atoms with Crippen molar-refractivity contribution in [3.63, 3.8) is 0 Å². The zero-order valence-corrected chi connectivity index (χ0v) is 88.4. The lowest BCUT2D eigenvalue weighted by molar-refractivity contribution is -0.129. The van der Waals surface area contributed by atoms with Crippen LogP contribution >= 0.6 is 0 Å². The first-order valence-electron chi connectivity index (χ1n) is 52.1. The van der Waals surface area contributed by atoms with Gasteiger partial charge in [-0.15, -0.1) is 10.2 Å². The molecular weight excluding hydrogens is 1790 g/mol. The van der Waals surface area contributed by atoms with Gasteiger partial charge in [-0.05, 0) is 158 Å². The molecule has 0 saturated heterocycles. The van der Waals surface area contributed by atoms with E-state index in [2.05, 4.69) is 68.5 Å². The zero-order valence-electron chi connectivity index (χ0n) is 88.4. The quantitative estimate of drug-likeness (QED) is 0.0275. The summed E-state index contributed by atoms with van der Waals surface area (Å²) in [6.45, 7) is 23.7. The lowest BCUT2D eigenvalue weighted by atomic mass is 9.92. The predicted octanol–water partition coefficient (Wildman–Crippen LogP) is 10.6. The largest absolute Gasteiger partial charge is 0.359 e. The first kappa shape index (κ1) is 132. The molecule has 140 heavy (non-hydrogen) atoms. The van der Waals surface area contributed by atoms with Crippen LogP contribution in [0, 0.1) is 5.92 Å². The van der Waals surface area contributed by atoms with Crippen LogP contribution in [0.25, 0.3) is 0 Å². The molecule has 0 aliphatic rings. The summed E-state index contributed by atoms with van der Waals surface area (Å²) in [7, 11) is 6.69. The molecule has 0 radical (unpaired) electrons. The highest BCUT2D eigenvalue weighted by atomic mass is 16.2. The minimum atomic E-state index is -0.771. The third-order valence-electron chi connectivity index (χ3n) is 22.6. The van der Waals surface area contributed by atoms with Gasteiger partial charge in [0.25, 0.3) is 0 Å². The third-order valence-corrected chi connectivity index (χ3v) is 22.6. The maximum Gasteiger partial charge on any atom is 0.242 e. The highest BCUT2D eigenvalue weighted by Crippen LogP contribution is 2.21. The fourth-order valence-corrected chi connectivity index (χ4v) is 14.7. The number of aryl methyl sites for hydroxylation is 4. The standard InChI is InChI=1S/C34H61N3O6.C26H42N8O4.C23H42N4O5.C20H37N3O4/c1-5-29(38)19-13-9-17-25-36-34(43)28(18-10-8-12-20-30(39)21-15-16-23-32(41)35-4)26-31(40)22-11-6-7-14-24-33(42)37-27(2)3;1-20(2)27-26(38)10-8-6-5-7-9-23(35)17-34(18-24(36)13-11-21-15-32(3)30-28-21)19-25(37)14-12-22-16-33(4)31-29-22;1-5-18(28)14-27(15-19(29)6-2)16-20(30)11-9-7-8-10-12-22(31)25-13-21(24)23(32)26-17(3)4;1-5-16(24)11-9-10-14-19(26)23-17(20(27)21-4)12-7-6-8-13-18(25)22-15(2)3/h27-28H,5-26H2,1-4H3,(H,35,41)(H,36,43)(H,37,42);15-16,20H,5-14,17-19H2,1-4H3,(H,27,38);17,21H,5-16,24H2,1-4H3,(H,25,31)(H,26,32);15,17H,5-14H2,1-4H3,(H,21,27)(H,22,25)(H,23,26)/t28-;;21-;17-/m1.10/s1. The molecule has 2 rings (SSSR count). The molecule has 11 N–H and O–H groups in total. The fraction of sp³-hybridized carbons (Fsp3) is 0.777. The lowest BCUT2D eigenvalue weighted by Gasteiger charge is -2.20. The van der Waals surface area contributed by atoms with E-state index in [0.717, 1.165) is 140 Å². The number of carbonyl (C=O) groups excluding carboxylic acids is 19. The van der Waals surface area contributed by atoms with Crippen molar-refractivity contribution in [2.75, 3.05) is 66.5 Å². The Morgan fingerprint density at radius 2 is 0.614 bits per heavy atom. The summed E-state index contributed by atoms with van der Waals surface area (Å²) < 4.78 is 3.17. The molecule has 0 bridgehead atoms. The topological polar surface area (TPSA) is 527 Å². The van der Waals surface area contributed by atoms with E-state index in [4.69, 9.17) is 5.73 Å². The van der Waals surface area contributed by atoms with Gasteiger partial charge in [0.2, 0.25) is 53.2 Å². The van der Waals surface area contributed by atoms with Crippen LogP contribution in [-0.2, 0) is 118 Å². The van der Waals surface area contributed by atoms with Crippen molar-refractivity contribution in [2.24, 2.45) is 25.7 Å². The average molecular weight is 1980 g/mol. The number of hydrogen-bond acceptors (Lipinski definition) is 26. The molecule has 37 nitrogen and oxygen atoms in total. The van der Waals surface area contributed by atoms with E-state index < -0.39 is 12.1 Å². The summed E-state index contributed by atoms with van der Waals surface area (Å²) >= 11 is 0. The molecule has 0 aromatic carbocycles. The van der Waals surface area contributed by atoms with Gasteiger partial charge in [0.15, 0.2) is 0 Å². The molecule has 9 amide bonds. The number of carbonyl (C=O) groups is 19. The number of unbranched alkanes of at least 4 members (excludes halogenated alkanes) is 17. The number of nitrogens with two attached hydrogens (primary N) is 1. The van der Waals surface area contributed by atoms with E-state index in [1.807, 2.05) is 69.2 Å². The van der Waals surface area contributed by atoms with Crippen LogP contribution < -0.4 is 53.6 Å². The molecule has 37 heteroatoms. The summed E-state index contributed by atoms with van der Waals surface area (Å²) in [5.41, 5.74) is 7.19. The Morgan fingerprint density at radius 3 is 0.979 bits per heavy atom. The Kier molecular flexibility index (Phi) is 80.0. The number of nitrogens with one attached hydrogen (secondary N) is 9. The number of nitrogens with zero attached hydrogens (tertiary/aromatic N) is 8. The summed E-state index contributed by atoms with van der Waals surface area (Å²) in [5, 5.41) is 40.7. The van der Waals surface area contributed by atoms with E-state index >= 15 is 0 Å². The highest BCUT2D eigenvalue weighted by Gasteiger charge is 2.26. The van der Waals surface area contributed by atoms with Gasteiger partial charge in [-0.2, -0.15) is 0 Å². The fourth-order valence-electron chi connectivity index (χ4n) is 14.7.